The number of likely N-dealkylation sites (tertiary alicyclic amines) is 1. The fourth-order valence-corrected chi connectivity index (χ4v) is 4.97. The molecule has 7 nitrogen and oxygen atoms in total. The first-order valence-electron chi connectivity index (χ1n) is 11.2. The van der Waals surface area contributed by atoms with E-state index in [1.165, 1.54) is 26.3 Å². The number of benzene rings is 2. The Bertz CT molecular complexity index is 1080. The Morgan fingerprint density at radius 1 is 1.18 bits per heavy atom. The van der Waals surface area contributed by atoms with Crippen molar-refractivity contribution in [1.29, 1.82) is 0 Å². The number of hydrogen-bond donors (Lipinski definition) is 2. The van der Waals surface area contributed by atoms with Gasteiger partial charge in [-0.05, 0) is 48.7 Å². The second-order valence-electron chi connectivity index (χ2n) is 8.56. The van der Waals surface area contributed by atoms with Crippen LogP contribution in [0.15, 0.2) is 42.5 Å². The van der Waals surface area contributed by atoms with Crippen LogP contribution in [0.25, 0.3) is 6.08 Å². The van der Waals surface area contributed by atoms with Gasteiger partial charge in [-0.1, -0.05) is 23.7 Å². The van der Waals surface area contributed by atoms with Crippen LogP contribution in [-0.4, -0.2) is 61.1 Å². The number of rotatable bonds is 6. The highest BCUT2D eigenvalue weighted by Gasteiger charge is 2.41. The van der Waals surface area contributed by atoms with Gasteiger partial charge in [0.25, 0.3) is 0 Å². The quantitative estimate of drug-likeness (QED) is 0.602. The molecule has 2 saturated heterocycles. The van der Waals surface area contributed by atoms with Gasteiger partial charge >= 0.3 is 6.03 Å². The maximum Gasteiger partial charge on any atom is 0.318 e. The first-order chi connectivity index (χ1) is 16.4. The zero-order valence-electron chi connectivity index (χ0n) is 19.2. The van der Waals surface area contributed by atoms with E-state index < -0.39 is 6.03 Å². The van der Waals surface area contributed by atoms with E-state index in [-0.39, 0.29) is 23.8 Å². The van der Waals surface area contributed by atoms with Gasteiger partial charge in [0.2, 0.25) is 5.91 Å². The molecule has 34 heavy (non-hydrogen) atoms. The SMILES string of the molecule is CNC(=O)Nc1cc(Cl)c(OC)cc1/C=C/C(=O)N1C2CCC1CN(Cc1ccc(F)cc1)C2. The van der Waals surface area contributed by atoms with Crippen LogP contribution in [0, 0.1) is 5.82 Å². The highest BCUT2D eigenvalue weighted by molar-refractivity contribution is 6.32. The number of nitrogens with one attached hydrogen (secondary N) is 2. The number of fused-ring (bicyclic) bond motifs is 2. The zero-order valence-corrected chi connectivity index (χ0v) is 19.9. The van der Waals surface area contributed by atoms with E-state index in [0.29, 0.717) is 22.0 Å². The number of urea groups is 1. The molecule has 9 heteroatoms. The summed E-state index contributed by atoms with van der Waals surface area (Å²) in [7, 11) is 3.03. The first kappa shape index (κ1) is 24.0. The molecule has 0 spiro atoms. The molecule has 2 aromatic rings. The van der Waals surface area contributed by atoms with Crippen molar-refractivity contribution >= 4 is 35.3 Å². The first-order valence-corrected chi connectivity index (χ1v) is 11.6. The van der Waals surface area contributed by atoms with Crippen LogP contribution in [0.5, 0.6) is 5.75 Å². The Morgan fingerprint density at radius 2 is 1.85 bits per heavy atom. The van der Waals surface area contributed by atoms with Crippen molar-refractivity contribution in [3.63, 3.8) is 0 Å². The molecule has 4 rings (SSSR count). The van der Waals surface area contributed by atoms with E-state index in [1.807, 2.05) is 17.0 Å². The summed E-state index contributed by atoms with van der Waals surface area (Å²) in [5.74, 6) is 0.150. The average Bonchev–Trinajstić information content (AvgIpc) is 3.10. The van der Waals surface area contributed by atoms with Crippen molar-refractivity contribution in [1.82, 2.24) is 15.1 Å². The molecule has 2 unspecified atom stereocenters. The van der Waals surface area contributed by atoms with E-state index in [0.717, 1.165) is 38.0 Å². The molecular formula is C25H28ClFN4O3. The Labute approximate surface area is 203 Å². The molecule has 2 aliphatic heterocycles. The van der Waals surface area contributed by atoms with Crippen LogP contribution >= 0.6 is 11.6 Å². The summed E-state index contributed by atoms with van der Waals surface area (Å²) < 4.78 is 18.5. The molecule has 2 atom stereocenters. The Hall–Kier alpha value is -3.10. The summed E-state index contributed by atoms with van der Waals surface area (Å²) in [6, 6.07) is 9.74. The summed E-state index contributed by atoms with van der Waals surface area (Å²) in [6.45, 7) is 2.31. The maximum absolute atomic E-state index is 13.2. The number of nitrogens with zero attached hydrogens (tertiary/aromatic N) is 2. The van der Waals surface area contributed by atoms with Gasteiger partial charge in [0, 0.05) is 50.4 Å². The minimum atomic E-state index is -0.391. The lowest BCUT2D eigenvalue weighted by atomic mass is 10.1. The molecule has 2 aliphatic rings. The topological polar surface area (TPSA) is 73.9 Å². The van der Waals surface area contributed by atoms with Gasteiger partial charge in [-0.15, -0.1) is 0 Å². The van der Waals surface area contributed by atoms with Crippen LogP contribution in [-0.2, 0) is 11.3 Å². The summed E-state index contributed by atoms with van der Waals surface area (Å²) in [6.07, 6.45) is 5.14. The molecule has 0 saturated carbocycles. The molecule has 2 N–H and O–H groups in total. The number of anilines is 1. The predicted octanol–water partition coefficient (Wildman–Crippen LogP) is 4.13. The van der Waals surface area contributed by atoms with Gasteiger partial charge in [-0.3, -0.25) is 9.69 Å². The summed E-state index contributed by atoms with van der Waals surface area (Å²) in [5, 5.41) is 5.58. The van der Waals surface area contributed by atoms with Gasteiger partial charge in [-0.25, -0.2) is 9.18 Å². The lowest BCUT2D eigenvalue weighted by molar-refractivity contribution is -0.131. The number of piperazine rings is 1. The lowest BCUT2D eigenvalue weighted by Crippen LogP contribution is -2.55. The number of carbonyl (C=O) groups excluding carboxylic acids is 2. The van der Waals surface area contributed by atoms with Crippen molar-refractivity contribution in [3.05, 3.63) is 64.4 Å². The van der Waals surface area contributed by atoms with E-state index in [4.69, 9.17) is 16.3 Å². The van der Waals surface area contributed by atoms with Crippen molar-refractivity contribution < 1.29 is 18.7 Å². The van der Waals surface area contributed by atoms with Crippen LogP contribution in [0.1, 0.15) is 24.0 Å². The van der Waals surface area contributed by atoms with Crippen LogP contribution in [0.2, 0.25) is 5.02 Å². The fourth-order valence-electron chi connectivity index (χ4n) is 4.73. The molecule has 180 valence electrons. The van der Waals surface area contributed by atoms with Gasteiger partial charge in [0.05, 0.1) is 17.8 Å². The largest absolute Gasteiger partial charge is 0.495 e. The minimum absolute atomic E-state index is 0.0613. The fraction of sp³-hybridized carbons (Fsp3) is 0.360. The van der Waals surface area contributed by atoms with E-state index >= 15 is 0 Å². The van der Waals surface area contributed by atoms with Gasteiger partial charge in [0.1, 0.15) is 11.6 Å². The Morgan fingerprint density at radius 3 is 2.47 bits per heavy atom. The third-order valence-electron chi connectivity index (χ3n) is 6.34. The molecular weight excluding hydrogens is 459 g/mol. The molecule has 0 aliphatic carbocycles. The molecule has 0 aromatic heterocycles. The Kier molecular flexibility index (Phi) is 7.38. The number of amides is 3. The standard InChI is InChI=1S/C25H28ClFN4O3/c1-28-25(33)29-22-12-21(26)23(34-2)11-17(22)5-10-24(32)31-19-8-9-20(31)15-30(14-19)13-16-3-6-18(27)7-4-16/h3-7,10-12,19-20H,8-9,13-15H2,1-2H3,(H2,28,29,33)/b10-5+. The minimum Gasteiger partial charge on any atom is -0.495 e. The lowest BCUT2D eigenvalue weighted by Gasteiger charge is -2.40. The highest BCUT2D eigenvalue weighted by atomic mass is 35.5. The third-order valence-corrected chi connectivity index (χ3v) is 6.63. The molecule has 2 bridgehead atoms. The molecule has 2 aromatic carbocycles. The molecule has 2 heterocycles. The normalized spacial score (nSPS) is 19.9. The van der Waals surface area contributed by atoms with Crippen LogP contribution < -0.4 is 15.4 Å². The number of methoxy groups -OCH3 is 1. The molecule has 3 amide bonds. The monoisotopic (exact) mass is 486 g/mol. The maximum atomic E-state index is 13.2. The van der Waals surface area contributed by atoms with Crippen LogP contribution in [0.4, 0.5) is 14.9 Å². The van der Waals surface area contributed by atoms with E-state index in [2.05, 4.69) is 15.5 Å². The number of carbonyl (C=O) groups is 2. The highest BCUT2D eigenvalue weighted by Crippen LogP contribution is 2.33. The van der Waals surface area contributed by atoms with E-state index in [9.17, 15) is 14.0 Å². The summed E-state index contributed by atoms with van der Waals surface area (Å²) in [4.78, 5) is 29.3. The second kappa shape index (κ2) is 10.4. The van der Waals surface area contributed by atoms with Crippen molar-refractivity contribution in [3.8, 4) is 5.75 Å². The predicted molar refractivity (Wildman–Crippen MR) is 130 cm³/mol. The molecule has 0 radical (unpaired) electrons. The number of halogens is 2. The smallest absolute Gasteiger partial charge is 0.318 e. The van der Waals surface area contributed by atoms with Crippen molar-refractivity contribution in [2.75, 3.05) is 32.6 Å². The van der Waals surface area contributed by atoms with Crippen molar-refractivity contribution in [2.24, 2.45) is 0 Å². The van der Waals surface area contributed by atoms with Gasteiger partial charge in [-0.2, -0.15) is 0 Å². The van der Waals surface area contributed by atoms with Crippen molar-refractivity contribution in [2.45, 2.75) is 31.5 Å². The summed E-state index contributed by atoms with van der Waals surface area (Å²) in [5.41, 5.74) is 2.15. The average molecular weight is 487 g/mol. The third kappa shape index (κ3) is 5.34. The summed E-state index contributed by atoms with van der Waals surface area (Å²) >= 11 is 6.22. The molecule has 2 fully saturated rings. The van der Waals surface area contributed by atoms with Gasteiger partial charge in [0.15, 0.2) is 0 Å². The van der Waals surface area contributed by atoms with E-state index in [1.54, 1.807) is 24.3 Å². The number of hydrogen-bond acceptors (Lipinski definition) is 4. The second-order valence-corrected chi connectivity index (χ2v) is 8.97. The van der Waals surface area contributed by atoms with Gasteiger partial charge < -0.3 is 20.3 Å². The Balaban J connectivity index is 1.46. The number of ether oxygens (including phenoxy) is 1. The van der Waals surface area contributed by atoms with Crippen LogP contribution in [0.3, 0.4) is 0 Å². The zero-order chi connectivity index (χ0) is 24.2.